The molecule has 6 heteroatoms. The van der Waals surface area contributed by atoms with Crippen LogP contribution >= 0.6 is 0 Å². The smallest absolute Gasteiger partial charge is 0.336 e. The largest absolute Gasteiger partial charge is 0.478 e. The van der Waals surface area contributed by atoms with Gasteiger partial charge in [-0.25, -0.2) is 9.78 Å². The quantitative estimate of drug-likeness (QED) is 0.294. The molecule has 6 nitrogen and oxygen atoms in total. The first-order chi connectivity index (χ1) is 17.5. The zero-order valence-corrected chi connectivity index (χ0v) is 20.7. The minimum Gasteiger partial charge on any atom is -0.478 e. The molecule has 1 aliphatic rings. The van der Waals surface area contributed by atoms with E-state index in [1.54, 1.807) is 0 Å². The van der Waals surface area contributed by atoms with Crippen LogP contribution < -0.4 is 0 Å². The fraction of sp³-hybridized carbons (Fsp3) is 0.333. The topological polar surface area (TPSA) is 81.8 Å². The van der Waals surface area contributed by atoms with E-state index >= 15 is 0 Å². The first kappa shape index (κ1) is 24.2. The van der Waals surface area contributed by atoms with E-state index in [2.05, 4.69) is 24.3 Å². The van der Waals surface area contributed by atoms with Crippen molar-refractivity contribution in [1.82, 2.24) is 4.98 Å². The molecular weight excluding hydrogens is 454 g/mol. The van der Waals surface area contributed by atoms with Gasteiger partial charge in [0.15, 0.2) is 0 Å². The van der Waals surface area contributed by atoms with Crippen molar-refractivity contribution in [1.29, 1.82) is 0 Å². The standard InChI is InChI=1S/C30H31NO5/c1-19-7-5-10-24(28(19)30(32)33)17-34-25-11-6-12-26(16-25)35-18-27-20(2)36-29(31-27)23-14-13-21-8-3-4-9-22(21)15-23/h3-5,7-10,13-15,25-26H,6,11-12,16-18H2,1-2H3,(H,32,33). The third-order valence-electron chi connectivity index (χ3n) is 6.97. The highest BCUT2D eigenvalue weighted by Crippen LogP contribution is 2.29. The molecule has 5 rings (SSSR count). The number of ether oxygens (including phenoxy) is 2. The number of rotatable bonds is 8. The molecule has 36 heavy (non-hydrogen) atoms. The van der Waals surface area contributed by atoms with Gasteiger partial charge in [-0.1, -0.05) is 48.5 Å². The summed E-state index contributed by atoms with van der Waals surface area (Å²) < 4.78 is 18.4. The summed E-state index contributed by atoms with van der Waals surface area (Å²) in [5, 5.41) is 11.9. The number of aromatic nitrogens is 1. The normalized spacial score (nSPS) is 17.9. The molecule has 1 aromatic heterocycles. The molecule has 0 spiro atoms. The zero-order chi connectivity index (χ0) is 25.1. The van der Waals surface area contributed by atoms with E-state index in [0.717, 1.165) is 53.7 Å². The van der Waals surface area contributed by atoms with Gasteiger partial charge in [-0.15, -0.1) is 0 Å². The van der Waals surface area contributed by atoms with Crippen molar-refractivity contribution >= 4 is 16.7 Å². The fourth-order valence-corrected chi connectivity index (χ4v) is 4.97. The summed E-state index contributed by atoms with van der Waals surface area (Å²) in [7, 11) is 0. The van der Waals surface area contributed by atoms with Gasteiger partial charge in [-0.05, 0) is 73.6 Å². The van der Waals surface area contributed by atoms with E-state index in [9.17, 15) is 9.90 Å². The molecule has 1 fully saturated rings. The Morgan fingerprint density at radius 2 is 1.72 bits per heavy atom. The highest BCUT2D eigenvalue weighted by Gasteiger charge is 2.25. The van der Waals surface area contributed by atoms with Crippen LogP contribution in [0.4, 0.5) is 0 Å². The Morgan fingerprint density at radius 1 is 0.972 bits per heavy atom. The molecule has 0 radical (unpaired) electrons. The van der Waals surface area contributed by atoms with E-state index in [-0.39, 0.29) is 18.8 Å². The zero-order valence-electron chi connectivity index (χ0n) is 20.7. The van der Waals surface area contributed by atoms with E-state index in [1.807, 2.05) is 50.2 Å². The maximum absolute atomic E-state index is 11.7. The van der Waals surface area contributed by atoms with Gasteiger partial charge in [0.05, 0.1) is 31.0 Å². The van der Waals surface area contributed by atoms with Gasteiger partial charge in [0.2, 0.25) is 5.89 Å². The predicted octanol–water partition coefficient (Wildman–Crippen LogP) is 6.85. The van der Waals surface area contributed by atoms with Gasteiger partial charge in [0, 0.05) is 5.56 Å². The Kier molecular flexibility index (Phi) is 7.16. The van der Waals surface area contributed by atoms with Crippen LogP contribution in [0, 0.1) is 13.8 Å². The van der Waals surface area contributed by atoms with Crippen molar-refractivity contribution in [2.24, 2.45) is 0 Å². The van der Waals surface area contributed by atoms with Gasteiger partial charge in [0.25, 0.3) is 0 Å². The van der Waals surface area contributed by atoms with Gasteiger partial charge in [-0.2, -0.15) is 0 Å². The molecule has 186 valence electrons. The Bertz CT molecular complexity index is 1380. The lowest BCUT2D eigenvalue weighted by Crippen LogP contribution is -2.28. The van der Waals surface area contributed by atoms with E-state index in [0.29, 0.717) is 23.6 Å². The lowest BCUT2D eigenvalue weighted by Gasteiger charge is -2.29. The molecule has 1 saturated carbocycles. The Balaban J connectivity index is 1.19. The maximum atomic E-state index is 11.7. The summed E-state index contributed by atoms with van der Waals surface area (Å²) in [5.74, 6) is 0.458. The molecule has 1 heterocycles. The molecule has 2 atom stereocenters. The van der Waals surface area contributed by atoms with Crippen molar-refractivity contribution in [3.8, 4) is 11.5 Å². The van der Waals surface area contributed by atoms with E-state index < -0.39 is 5.97 Å². The van der Waals surface area contributed by atoms with Crippen LogP contribution in [0.5, 0.6) is 0 Å². The van der Waals surface area contributed by atoms with Gasteiger partial charge < -0.3 is 19.0 Å². The van der Waals surface area contributed by atoms with E-state index in [1.165, 1.54) is 5.39 Å². The molecule has 0 saturated heterocycles. The van der Waals surface area contributed by atoms with Crippen LogP contribution in [0.25, 0.3) is 22.2 Å². The second-order valence-electron chi connectivity index (χ2n) is 9.53. The first-order valence-corrected chi connectivity index (χ1v) is 12.5. The predicted molar refractivity (Wildman–Crippen MR) is 138 cm³/mol. The van der Waals surface area contributed by atoms with E-state index in [4.69, 9.17) is 18.9 Å². The van der Waals surface area contributed by atoms with Crippen LogP contribution in [0.2, 0.25) is 0 Å². The number of hydrogen-bond donors (Lipinski definition) is 1. The second-order valence-corrected chi connectivity index (χ2v) is 9.53. The fourth-order valence-electron chi connectivity index (χ4n) is 4.97. The molecule has 0 aliphatic heterocycles. The molecule has 0 amide bonds. The van der Waals surface area contributed by atoms with Gasteiger partial charge in [-0.3, -0.25) is 0 Å². The van der Waals surface area contributed by atoms with Crippen LogP contribution in [0.15, 0.2) is 65.1 Å². The van der Waals surface area contributed by atoms with Gasteiger partial charge in [0.1, 0.15) is 11.5 Å². The molecule has 2 unspecified atom stereocenters. The van der Waals surface area contributed by atoms with Crippen molar-refractivity contribution in [3.63, 3.8) is 0 Å². The summed E-state index contributed by atoms with van der Waals surface area (Å²) in [6.45, 7) is 4.42. The van der Waals surface area contributed by atoms with Crippen molar-refractivity contribution in [2.75, 3.05) is 0 Å². The van der Waals surface area contributed by atoms with Crippen LogP contribution in [-0.2, 0) is 22.7 Å². The third kappa shape index (κ3) is 5.35. The van der Waals surface area contributed by atoms with Crippen LogP contribution in [0.1, 0.15) is 58.6 Å². The van der Waals surface area contributed by atoms with Crippen molar-refractivity contribution in [3.05, 3.63) is 88.8 Å². The van der Waals surface area contributed by atoms with Crippen LogP contribution in [0.3, 0.4) is 0 Å². The summed E-state index contributed by atoms with van der Waals surface area (Å²) in [6, 6.07) is 20.0. The number of aryl methyl sites for hydroxylation is 2. The number of hydrogen-bond acceptors (Lipinski definition) is 5. The molecule has 4 aromatic rings. The minimum absolute atomic E-state index is 0.0393. The second kappa shape index (κ2) is 10.6. The summed E-state index contributed by atoms with van der Waals surface area (Å²) in [5.41, 5.74) is 3.56. The number of benzene rings is 3. The number of carboxylic acid groups (broad SMARTS) is 1. The molecule has 0 bridgehead atoms. The summed E-state index contributed by atoms with van der Waals surface area (Å²) in [6.07, 6.45) is 3.82. The molecule has 1 N–H and O–H groups in total. The number of aromatic carboxylic acids is 1. The highest BCUT2D eigenvalue weighted by atomic mass is 16.5. The maximum Gasteiger partial charge on any atom is 0.336 e. The SMILES string of the molecule is Cc1cccc(COC2CCCC(OCc3nc(-c4ccc5ccccc5c4)oc3C)C2)c1C(=O)O. The van der Waals surface area contributed by atoms with Crippen molar-refractivity contribution in [2.45, 2.75) is 65.0 Å². The summed E-state index contributed by atoms with van der Waals surface area (Å²) in [4.78, 5) is 16.4. The number of oxazole rings is 1. The average Bonchev–Trinajstić information content (AvgIpc) is 3.26. The summed E-state index contributed by atoms with van der Waals surface area (Å²) >= 11 is 0. The molecule has 1 aliphatic carbocycles. The van der Waals surface area contributed by atoms with Crippen molar-refractivity contribution < 1.29 is 23.8 Å². The van der Waals surface area contributed by atoms with Gasteiger partial charge >= 0.3 is 5.97 Å². The molecular formula is C30H31NO5. The third-order valence-corrected chi connectivity index (χ3v) is 6.97. The lowest BCUT2D eigenvalue weighted by atomic mass is 9.94. The number of carbonyl (C=O) groups is 1. The highest BCUT2D eigenvalue weighted by molar-refractivity contribution is 5.91. The Morgan fingerprint density at radius 3 is 2.50 bits per heavy atom. The first-order valence-electron chi connectivity index (χ1n) is 12.5. The monoisotopic (exact) mass is 485 g/mol. The average molecular weight is 486 g/mol. The Labute approximate surface area is 210 Å². The number of carboxylic acids is 1. The van der Waals surface area contributed by atoms with Crippen LogP contribution in [-0.4, -0.2) is 28.3 Å². The lowest BCUT2D eigenvalue weighted by molar-refractivity contribution is -0.0564. The number of fused-ring (bicyclic) bond motifs is 1. The Hall–Kier alpha value is -3.48. The minimum atomic E-state index is -0.914. The number of nitrogens with zero attached hydrogens (tertiary/aromatic N) is 1. The molecule has 3 aromatic carbocycles.